The maximum atomic E-state index is 12.5. The van der Waals surface area contributed by atoms with Gasteiger partial charge < -0.3 is 4.74 Å². The number of ether oxygens (including phenoxy) is 1. The SMILES string of the molecule is CC(C)N(C(=O)OC(C)(C)C)c1ccc(C2CCCN2C(C)C)cn1. The van der Waals surface area contributed by atoms with Crippen LogP contribution in [0.25, 0.3) is 0 Å². The first-order valence-corrected chi connectivity index (χ1v) is 9.34. The van der Waals surface area contributed by atoms with Gasteiger partial charge in [-0.3, -0.25) is 9.80 Å². The summed E-state index contributed by atoms with van der Waals surface area (Å²) in [6.07, 6.45) is 3.95. The normalized spacial score (nSPS) is 18.8. The lowest BCUT2D eigenvalue weighted by Crippen LogP contribution is -2.41. The molecule has 5 heteroatoms. The summed E-state index contributed by atoms with van der Waals surface area (Å²) in [5.41, 5.74) is 0.703. The van der Waals surface area contributed by atoms with Crippen LogP contribution in [0.15, 0.2) is 18.3 Å². The second-order valence-corrected chi connectivity index (χ2v) is 8.38. The number of pyridine rings is 1. The van der Waals surface area contributed by atoms with E-state index in [0.29, 0.717) is 17.9 Å². The zero-order valence-electron chi connectivity index (χ0n) is 16.7. The molecule has 1 aromatic heterocycles. The maximum absolute atomic E-state index is 12.5. The molecule has 0 bridgehead atoms. The molecule has 1 aliphatic heterocycles. The fourth-order valence-corrected chi connectivity index (χ4v) is 3.38. The van der Waals surface area contributed by atoms with Gasteiger partial charge in [0.25, 0.3) is 0 Å². The largest absolute Gasteiger partial charge is 0.443 e. The highest BCUT2D eigenvalue weighted by Crippen LogP contribution is 2.33. The van der Waals surface area contributed by atoms with Gasteiger partial charge in [0.2, 0.25) is 0 Å². The monoisotopic (exact) mass is 347 g/mol. The lowest BCUT2D eigenvalue weighted by atomic mass is 10.1. The van der Waals surface area contributed by atoms with Crippen molar-refractivity contribution < 1.29 is 9.53 Å². The van der Waals surface area contributed by atoms with E-state index in [0.717, 1.165) is 6.54 Å². The maximum Gasteiger partial charge on any atom is 0.416 e. The molecule has 0 spiro atoms. The van der Waals surface area contributed by atoms with Gasteiger partial charge in [0.1, 0.15) is 11.4 Å². The lowest BCUT2D eigenvalue weighted by Gasteiger charge is -2.30. The number of carbonyl (C=O) groups excluding carboxylic acids is 1. The van der Waals surface area contributed by atoms with Crippen LogP contribution in [0.2, 0.25) is 0 Å². The van der Waals surface area contributed by atoms with Crippen molar-refractivity contribution in [1.82, 2.24) is 9.88 Å². The standard InChI is InChI=1S/C20H33N3O2/c1-14(2)22-12-8-9-17(22)16-10-11-18(21-13-16)23(15(3)4)19(24)25-20(5,6)7/h10-11,13-15,17H,8-9,12H2,1-7H3. The third-order valence-electron chi connectivity index (χ3n) is 4.47. The average Bonchev–Trinajstić information content (AvgIpc) is 2.95. The molecule has 2 rings (SSSR count). The molecule has 140 valence electrons. The van der Waals surface area contributed by atoms with Gasteiger partial charge in [-0.1, -0.05) is 6.07 Å². The van der Waals surface area contributed by atoms with Gasteiger partial charge in [0.05, 0.1) is 0 Å². The number of carbonyl (C=O) groups is 1. The van der Waals surface area contributed by atoms with Crippen molar-refractivity contribution in [2.75, 3.05) is 11.4 Å². The number of aromatic nitrogens is 1. The van der Waals surface area contributed by atoms with Gasteiger partial charge in [-0.15, -0.1) is 0 Å². The Balaban J connectivity index is 2.20. The molecule has 0 aliphatic carbocycles. The fraction of sp³-hybridized carbons (Fsp3) is 0.700. The van der Waals surface area contributed by atoms with Crippen molar-refractivity contribution in [2.45, 2.75) is 85.0 Å². The van der Waals surface area contributed by atoms with E-state index in [-0.39, 0.29) is 12.1 Å². The van der Waals surface area contributed by atoms with Crippen molar-refractivity contribution in [2.24, 2.45) is 0 Å². The average molecular weight is 348 g/mol. The smallest absolute Gasteiger partial charge is 0.416 e. The van der Waals surface area contributed by atoms with Crippen LogP contribution >= 0.6 is 0 Å². The predicted molar refractivity (Wildman–Crippen MR) is 102 cm³/mol. The van der Waals surface area contributed by atoms with E-state index >= 15 is 0 Å². The van der Waals surface area contributed by atoms with Crippen LogP contribution in [0, 0.1) is 0 Å². The Labute approximate surface area is 152 Å². The van der Waals surface area contributed by atoms with E-state index in [1.807, 2.05) is 46.9 Å². The summed E-state index contributed by atoms with van der Waals surface area (Å²) in [7, 11) is 0. The highest BCUT2D eigenvalue weighted by Gasteiger charge is 2.29. The van der Waals surface area contributed by atoms with E-state index in [1.54, 1.807) is 4.90 Å². The van der Waals surface area contributed by atoms with Crippen LogP contribution in [0.1, 0.15) is 72.9 Å². The summed E-state index contributed by atoms with van der Waals surface area (Å²) in [6.45, 7) is 15.2. The minimum atomic E-state index is -0.522. The van der Waals surface area contributed by atoms with Gasteiger partial charge >= 0.3 is 6.09 Å². The summed E-state index contributed by atoms with van der Waals surface area (Å²) < 4.78 is 5.53. The van der Waals surface area contributed by atoms with Crippen molar-refractivity contribution >= 4 is 11.9 Å². The first-order valence-electron chi connectivity index (χ1n) is 9.34. The van der Waals surface area contributed by atoms with Gasteiger partial charge in [-0.2, -0.15) is 0 Å². The molecule has 0 N–H and O–H groups in total. The minimum absolute atomic E-state index is 0.0214. The number of anilines is 1. The number of hydrogen-bond donors (Lipinski definition) is 0. The molecule has 1 unspecified atom stereocenters. The molecule has 1 fully saturated rings. The van der Waals surface area contributed by atoms with E-state index in [4.69, 9.17) is 4.74 Å². The Morgan fingerprint density at radius 2 is 1.96 bits per heavy atom. The van der Waals surface area contributed by atoms with E-state index in [1.165, 1.54) is 18.4 Å². The molecule has 25 heavy (non-hydrogen) atoms. The van der Waals surface area contributed by atoms with Crippen LogP contribution in [-0.2, 0) is 4.74 Å². The van der Waals surface area contributed by atoms with Crippen molar-refractivity contribution in [1.29, 1.82) is 0 Å². The van der Waals surface area contributed by atoms with Crippen LogP contribution in [0.3, 0.4) is 0 Å². The number of nitrogens with zero attached hydrogens (tertiary/aromatic N) is 3. The van der Waals surface area contributed by atoms with E-state index in [2.05, 4.69) is 29.8 Å². The molecular formula is C20H33N3O2. The fourth-order valence-electron chi connectivity index (χ4n) is 3.38. The number of rotatable bonds is 4. The molecule has 1 amide bonds. The molecule has 0 aromatic carbocycles. The molecule has 1 aromatic rings. The van der Waals surface area contributed by atoms with E-state index in [9.17, 15) is 4.79 Å². The summed E-state index contributed by atoms with van der Waals surface area (Å²) >= 11 is 0. The third-order valence-corrected chi connectivity index (χ3v) is 4.47. The minimum Gasteiger partial charge on any atom is -0.443 e. The van der Waals surface area contributed by atoms with Crippen LogP contribution in [0.5, 0.6) is 0 Å². The van der Waals surface area contributed by atoms with Crippen LogP contribution in [0.4, 0.5) is 10.6 Å². The van der Waals surface area contributed by atoms with Crippen LogP contribution < -0.4 is 4.90 Å². The topological polar surface area (TPSA) is 45.7 Å². The van der Waals surface area contributed by atoms with Crippen molar-refractivity contribution in [3.8, 4) is 0 Å². The molecule has 1 atom stereocenters. The zero-order chi connectivity index (χ0) is 18.8. The molecule has 0 radical (unpaired) electrons. The summed E-state index contributed by atoms with van der Waals surface area (Å²) in [5, 5.41) is 0. The Kier molecular flexibility index (Phi) is 6.09. The van der Waals surface area contributed by atoms with Gasteiger partial charge in [0.15, 0.2) is 0 Å². The second-order valence-electron chi connectivity index (χ2n) is 8.38. The molecule has 0 saturated carbocycles. The van der Waals surface area contributed by atoms with Gasteiger partial charge in [-0.25, -0.2) is 9.78 Å². The van der Waals surface area contributed by atoms with Gasteiger partial charge in [-0.05, 0) is 79.5 Å². The number of likely N-dealkylation sites (tertiary alicyclic amines) is 1. The number of amides is 1. The Morgan fingerprint density at radius 3 is 2.44 bits per heavy atom. The lowest BCUT2D eigenvalue weighted by molar-refractivity contribution is 0.0569. The summed E-state index contributed by atoms with van der Waals surface area (Å²) in [4.78, 5) is 21.3. The Morgan fingerprint density at radius 1 is 1.28 bits per heavy atom. The van der Waals surface area contributed by atoms with E-state index < -0.39 is 5.60 Å². The number of hydrogen-bond acceptors (Lipinski definition) is 4. The zero-order valence-corrected chi connectivity index (χ0v) is 16.7. The predicted octanol–water partition coefficient (Wildman–Crippen LogP) is 4.78. The highest BCUT2D eigenvalue weighted by molar-refractivity contribution is 5.87. The Hall–Kier alpha value is -1.62. The molecular weight excluding hydrogens is 314 g/mol. The first kappa shape index (κ1) is 19.7. The first-order chi connectivity index (χ1) is 11.6. The third kappa shape index (κ3) is 4.94. The van der Waals surface area contributed by atoms with Crippen molar-refractivity contribution in [3.63, 3.8) is 0 Å². The van der Waals surface area contributed by atoms with Gasteiger partial charge in [0, 0.05) is 24.3 Å². The quantitative estimate of drug-likeness (QED) is 0.786. The highest BCUT2D eigenvalue weighted by atomic mass is 16.6. The molecule has 1 saturated heterocycles. The Bertz CT molecular complexity index is 576. The van der Waals surface area contributed by atoms with Crippen LogP contribution in [-0.4, -0.2) is 40.2 Å². The molecule has 5 nitrogen and oxygen atoms in total. The van der Waals surface area contributed by atoms with Crippen molar-refractivity contribution in [3.05, 3.63) is 23.9 Å². The molecule has 1 aliphatic rings. The summed E-state index contributed by atoms with van der Waals surface area (Å²) in [6, 6.07) is 4.98. The summed E-state index contributed by atoms with van der Waals surface area (Å²) in [5.74, 6) is 0.641. The molecule has 2 heterocycles. The second kappa shape index (κ2) is 7.73.